The first-order chi connectivity index (χ1) is 12.0. The molecule has 0 saturated carbocycles. The van der Waals surface area contributed by atoms with Gasteiger partial charge in [-0.2, -0.15) is 0 Å². The summed E-state index contributed by atoms with van der Waals surface area (Å²) in [5, 5.41) is 6.94. The van der Waals surface area contributed by atoms with Gasteiger partial charge in [0.2, 0.25) is 0 Å². The van der Waals surface area contributed by atoms with E-state index < -0.39 is 0 Å². The SMILES string of the molecule is CC(=NOCC(=O)Nc1c(C)cccc1C)c1ccc2c(c1)CCO2. The van der Waals surface area contributed by atoms with E-state index in [-0.39, 0.29) is 12.5 Å². The second-order valence-corrected chi connectivity index (χ2v) is 6.19. The molecule has 1 N–H and O–H groups in total. The van der Waals surface area contributed by atoms with Gasteiger partial charge in [-0.25, -0.2) is 0 Å². The number of benzene rings is 2. The van der Waals surface area contributed by atoms with E-state index in [4.69, 9.17) is 9.57 Å². The van der Waals surface area contributed by atoms with E-state index in [1.165, 1.54) is 5.56 Å². The van der Waals surface area contributed by atoms with Gasteiger partial charge in [0.05, 0.1) is 12.3 Å². The highest BCUT2D eigenvalue weighted by atomic mass is 16.6. The molecule has 2 aromatic carbocycles. The smallest absolute Gasteiger partial charge is 0.265 e. The molecule has 0 spiro atoms. The molecule has 130 valence electrons. The lowest BCUT2D eigenvalue weighted by Crippen LogP contribution is -2.18. The first-order valence-corrected chi connectivity index (χ1v) is 8.33. The zero-order valence-corrected chi connectivity index (χ0v) is 14.8. The van der Waals surface area contributed by atoms with Crippen molar-refractivity contribution in [3.8, 4) is 5.75 Å². The van der Waals surface area contributed by atoms with Crippen molar-refractivity contribution in [2.75, 3.05) is 18.5 Å². The first kappa shape index (κ1) is 17.0. The average Bonchev–Trinajstić information content (AvgIpc) is 3.06. The van der Waals surface area contributed by atoms with E-state index in [1.54, 1.807) is 0 Å². The molecule has 0 bridgehead atoms. The maximum absolute atomic E-state index is 12.1. The number of rotatable bonds is 5. The Labute approximate surface area is 147 Å². The van der Waals surface area contributed by atoms with Gasteiger partial charge in [-0.1, -0.05) is 23.4 Å². The fraction of sp³-hybridized carbons (Fsp3) is 0.300. The van der Waals surface area contributed by atoms with E-state index in [0.717, 1.165) is 46.9 Å². The summed E-state index contributed by atoms with van der Waals surface area (Å²) < 4.78 is 5.50. The molecule has 1 aliphatic heterocycles. The highest BCUT2D eigenvalue weighted by Gasteiger charge is 2.13. The summed E-state index contributed by atoms with van der Waals surface area (Å²) in [7, 11) is 0. The van der Waals surface area contributed by atoms with E-state index in [2.05, 4.69) is 16.5 Å². The third kappa shape index (κ3) is 3.99. The van der Waals surface area contributed by atoms with Crippen LogP contribution in [0.1, 0.15) is 29.2 Å². The highest BCUT2D eigenvalue weighted by molar-refractivity contribution is 5.99. The topological polar surface area (TPSA) is 59.9 Å². The molecule has 1 amide bonds. The van der Waals surface area contributed by atoms with E-state index in [1.807, 2.05) is 51.1 Å². The number of amides is 1. The number of para-hydroxylation sites is 1. The van der Waals surface area contributed by atoms with Crippen LogP contribution in [0.5, 0.6) is 5.75 Å². The van der Waals surface area contributed by atoms with Crippen molar-refractivity contribution in [3.05, 3.63) is 58.7 Å². The van der Waals surface area contributed by atoms with Crippen LogP contribution in [-0.4, -0.2) is 24.8 Å². The van der Waals surface area contributed by atoms with Crippen LogP contribution in [0, 0.1) is 13.8 Å². The van der Waals surface area contributed by atoms with E-state index in [0.29, 0.717) is 0 Å². The molecule has 0 saturated heterocycles. The van der Waals surface area contributed by atoms with Crippen molar-refractivity contribution in [2.24, 2.45) is 5.16 Å². The molecule has 0 unspecified atom stereocenters. The van der Waals surface area contributed by atoms with Crippen LogP contribution in [-0.2, 0) is 16.1 Å². The molecule has 0 aliphatic carbocycles. The fourth-order valence-corrected chi connectivity index (χ4v) is 2.84. The fourth-order valence-electron chi connectivity index (χ4n) is 2.84. The van der Waals surface area contributed by atoms with Crippen LogP contribution in [0.3, 0.4) is 0 Å². The van der Waals surface area contributed by atoms with Gasteiger partial charge in [0, 0.05) is 12.1 Å². The summed E-state index contributed by atoms with van der Waals surface area (Å²) in [5.41, 5.74) is 5.76. The lowest BCUT2D eigenvalue weighted by atomic mass is 10.1. The monoisotopic (exact) mass is 338 g/mol. The van der Waals surface area contributed by atoms with Crippen molar-refractivity contribution in [3.63, 3.8) is 0 Å². The third-order valence-corrected chi connectivity index (χ3v) is 4.25. The standard InChI is InChI=1S/C20H22N2O3/c1-13-5-4-6-14(2)20(13)21-19(23)12-25-22-15(3)16-7-8-18-17(11-16)9-10-24-18/h4-8,11H,9-10,12H2,1-3H3,(H,21,23). The normalized spacial score (nSPS) is 13.2. The first-order valence-electron chi connectivity index (χ1n) is 8.33. The number of nitrogens with zero attached hydrogens (tertiary/aromatic N) is 1. The Morgan fingerprint density at radius 2 is 2.00 bits per heavy atom. The minimum absolute atomic E-state index is 0.126. The average molecular weight is 338 g/mol. The van der Waals surface area contributed by atoms with Crippen molar-refractivity contribution >= 4 is 17.3 Å². The largest absolute Gasteiger partial charge is 0.493 e. The number of carbonyl (C=O) groups is 1. The minimum atomic E-state index is -0.226. The molecular formula is C20H22N2O3. The van der Waals surface area contributed by atoms with Crippen LogP contribution < -0.4 is 10.1 Å². The van der Waals surface area contributed by atoms with Crippen LogP contribution in [0.4, 0.5) is 5.69 Å². The van der Waals surface area contributed by atoms with Gasteiger partial charge in [-0.15, -0.1) is 0 Å². The second kappa shape index (κ2) is 7.38. The van der Waals surface area contributed by atoms with Crippen LogP contribution in [0.25, 0.3) is 0 Å². The van der Waals surface area contributed by atoms with Crippen LogP contribution >= 0.6 is 0 Å². The summed E-state index contributed by atoms with van der Waals surface area (Å²) in [6, 6.07) is 11.8. The Bertz CT molecular complexity index is 807. The number of hydrogen-bond donors (Lipinski definition) is 1. The van der Waals surface area contributed by atoms with Crippen molar-refractivity contribution in [1.29, 1.82) is 0 Å². The zero-order chi connectivity index (χ0) is 17.8. The summed E-state index contributed by atoms with van der Waals surface area (Å²) in [6.07, 6.45) is 0.912. The summed E-state index contributed by atoms with van der Waals surface area (Å²) >= 11 is 0. The molecule has 1 heterocycles. The Balaban J connectivity index is 1.58. The number of nitrogens with one attached hydrogen (secondary N) is 1. The number of carbonyl (C=O) groups excluding carboxylic acids is 1. The highest BCUT2D eigenvalue weighted by Crippen LogP contribution is 2.26. The molecule has 5 nitrogen and oxygen atoms in total. The number of anilines is 1. The van der Waals surface area contributed by atoms with E-state index >= 15 is 0 Å². The van der Waals surface area contributed by atoms with Crippen molar-refractivity contribution < 1.29 is 14.4 Å². The van der Waals surface area contributed by atoms with Gasteiger partial charge in [0.25, 0.3) is 5.91 Å². The molecule has 25 heavy (non-hydrogen) atoms. The molecule has 0 atom stereocenters. The lowest BCUT2D eigenvalue weighted by Gasteiger charge is -2.11. The second-order valence-electron chi connectivity index (χ2n) is 6.19. The number of aryl methyl sites for hydroxylation is 2. The van der Waals surface area contributed by atoms with Gasteiger partial charge in [-0.05, 0) is 61.2 Å². The zero-order valence-electron chi connectivity index (χ0n) is 14.8. The number of ether oxygens (including phenoxy) is 1. The maximum atomic E-state index is 12.1. The molecule has 5 heteroatoms. The third-order valence-electron chi connectivity index (χ3n) is 4.25. The van der Waals surface area contributed by atoms with Gasteiger partial charge in [0.1, 0.15) is 5.75 Å². The van der Waals surface area contributed by atoms with E-state index in [9.17, 15) is 4.79 Å². The Morgan fingerprint density at radius 1 is 1.24 bits per heavy atom. The lowest BCUT2D eigenvalue weighted by molar-refractivity contribution is -0.120. The predicted octanol–water partition coefficient (Wildman–Crippen LogP) is 3.62. The number of oxime groups is 1. The number of hydrogen-bond acceptors (Lipinski definition) is 4. The Kier molecular flexibility index (Phi) is 5.03. The molecule has 0 radical (unpaired) electrons. The van der Waals surface area contributed by atoms with Crippen molar-refractivity contribution in [1.82, 2.24) is 0 Å². The minimum Gasteiger partial charge on any atom is -0.493 e. The molecule has 0 fully saturated rings. The molecule has 2 aromatic rings. The quantitative estimate of drug-likeness (QED) is 0.669. The van der Waals surface area contributed by atoms with Gasteiger partial charge in [-0.3, -0.25) is 4.79 Å². The molecule has 3 rings (SSSR count). The summed E-state index contributed by atoms with van der Waals surface area (Å²) in [4.78, 5) is 17.3. The van der Waals surface area contributed by atoms with Crippen LogP contribution in [0.15, 0.2) is 41.6 Å². The predicted molar refractivity (Wildman–Crippen MR) is 98.3 cm³/mol. The van der Waals surface area contributed by atoms with Crippen LogP contribution in [0.2, 0.25) is 0 Å². The Morgan fingerprint density at radius 3 is 2.76 bits per heavy atom. The van der Waals surface area contributed by atoms with Gasteiger partial charge >= 0.3 is 0 Å². The summed E-state index contributed by atoms with van der Waals surface area (Å²) in [5.74, 6) is 0.710. The molecule has 1 aliphatic rings. The number of fused-ring (bicyclic) bond motifs is 1. The summed E-state index contributed by atoms with van der Waals surface area (Å²) in [6.45, 7) is 6.39. The van der Waals surface area contributed by atoms with Gasteiger partial charge < -0.3 is 14.9 Å². The Hall–Kier alpha value is -2.82. The maximum Gasteiger partial charge on any atom is 0.265 e. The molecule has 0 aromatic heterocycles. The van der Waals surface area contributed by atoms with Crippen molar-refractivity contribution in [2.45, 2.75) is 27.2 Å². The van der Waals surface area contributed by atoms with Gasteiger partial charge in [0.15, 0.2) is 6.61 Å². The molecular weight excluding hydrogens is 316 g/mol.